The highest BCUT2D eigenvalue weighted by Gasteiger charge is 2.05. The molecule has 3 heteroatoms. The van der Waals surface area contributed by atoms with Gasteiger partial charge in [-0.25, -0.2) is 0 Å². The van der Waals surface area contributed by atoms with Gasteiger partial charge in [-0.3, -0.25) is 4.79 Å². The smallest absolute Gasteiger partial charge is 0.163 e. The fourth-order valence-corrected chi connectivity index (χ4v) is 1.34. The van der Waals surface area contributed by atoms with Crippen molar-refractivity contribution in [3.8, 4) is 5.75 Å². The third kappa shape index (κ3) is 3.72. The summed E-state index contributed by atoms with van der Waals surface area (Å²) in [5.74, 6) is 0.797. The second-order valence-corrected chi connectivity index (χ2v) is 3.34. The molecule has 0 spiro atoms. The van der Waals surface area contributed by atoms with Crippen LogP contribution in [0, 0.1) is 0 Å². The molecule has 15 heavy (non-hydrogen) atoms. The van der Waals surface area contributed by atoms with Crippen molar-refractivity contribution in [3.63, 3.8) is 0 Å². The zero-order valence-electron chi connectivity index (χ0n) is 8.90. The topological polar surface area (TPSA) is 46.5 Å². The number of aliphatic hydroxyl groups excluding tert-OH is 1. The number of aliphatic hydroxyl groups is 1. The molecule has 1 N–H and O–H groups in total. The second kappa shape index (κ2) is 6.19. The lowest BCUT2D eigenvalue weighted by Crippen LogP contribution is -1.99. The molecule has 0 bridgehead atoms. The first kappa shape index (κ1) is 11.7. The van der Waals surface area contributed by atoms with Crippen molar-refractivity contribution in [2.45, 2.75) is 19.3 Å². The van der Waals surface area contributed by atoms with Gasteiger partial charge in [0.1, 0.15) is 5.75 Å². The molecular formula is C12H16O3. The molecule has 0 aliphatic rings. The highest BCUT2D eigenvalue weighted by molar-refractivity contribution is 5.96. The van der Waals surface area contributed by atoms with Crippen molar-refractivity contribution < 1.29 is 14.6 Å². The minimum atomic E-state index is 0.0994. The monoisotopic (exact) mass is 208 g/mol. The Kier molecular flexibility index (Phi) is 4.84. The molecule has 0 aliphatic carbocycles. The number of rotatable bonds is 6. The first-order valence-corrected chi connectivity index (χ1v) is 5.06. The van der Waals surface area contributed by atoms with E-state index < -0.39 is 0 Å². The predicted octanol–water partition coefficient (Wildman–Crippen LogP) is 2.04. The van der Waals surface area contributed by atoms with E-state index >= 15 is 0 Å². The Morgan fingerprint density at radius 3 is 2.87 bits per heavy atom. The molecule has 0 saturated heterocycles. The van der Waals surface area contributed by atoms with Gasteiger partial charge in [-0.2, -0.15) is 0 Å². The Morgan fingerprint density at radius 2 is 2.20 bits per heavy atom. The fourth-order valence-electron chi connectivity index (χ4n) is 1.34. The predicted molar refractivity (Wildman–Crippen MR) is 58.3 cm³/mol. The van der Waals surface area contributed by atoms with E-state index in [9.17, 15) is 4.79 Å². The maximum atomic E-state index is 11.7. The lowest BCUT2D eigenvalue weighted by Gasteiger charge is -2.03. The van der Waals surface area contributed by atoms with Gasteiger partial charge in [0.2, 0.25) is 0 Å². The van der Waals surface area contributed by atoms with Gasteiger partial charge in [0.25, 0.3) is 0 Å². The van der Waals surface area contributed by atoms with E-state index in [0.717, 1.165) is 6.42 Å². The lowest BCUT2D eigenvalue weighted by atomic mass is 10.1. The summed E-state index contributed by atoms with van der Waals surface area (Å²) in [6.45, 7) is 0.144. The quantitative estimate of drug-likeness (QED) is 0.575. The number of unbranched alkanes of at least 4 members (excludes halogenated alkanes) is 1. The van der Waals surface area contributed by atoms with Crippen LogP contribution in [-0.2, 0) is 0 Å². The molecule has 1 rings (SSSR count). The zero-order valence-corrected chi connectivity index (χ0v) is 8.90. The molecule has 0 unspecified atom stereocenters. The van der Waals surface area contributed by atoms with E-state index in [2.05, 4.69) is 0 Å². The molecule has 0 heterocycles. The number of Topliss-reactive ketones (excluding diaryl/α,β-unsaturated/α-hetero) is 1. The van der Waals surface area contributed by atoms with E-state index in [1.165, 1.54) is 0 Å². The van der Waals surface area contributed by atoms with Crippen molar-refractivity contribution in [2.24, 2.45) is 0 Å². The van der Waals surface area contributed by atoms with Crippen LogP contribution < -0.4 is 4.74 Å². The van der Waals surface area contributed by atoms with Crippen molar-refractivity contribution in [1.29, 1.82) is 0 Å². The highest BCUT2D eigenvalue weighted by Crippen LogP contribution is 2.14. The number of benzene rings is 1. The van der Waals surface area contributed by atoms with Gasteiger partial charge in [-0.15, -0.1) is 0 Å². The van der Waals surface area contributed by atoms with E-state index in [0.29, 0.717) is 24.2 Å². The molecular weight excluding hydrogens is 192 g/mol. The van der Waals surface area contributed by atoms with Crippen molar-refractivity contribution in [2.75, 3.05) is 13.7 Å². The summed E-state index contributed by atoms with van der Waals surface area (Å²) < 4.78 is 5.04. The average molecular weight is 208 g/mol. The highest BCUT2D eigenvalue weighted by atomic mass is 16.5. The van der Waals surface area contributed by atoms with Gasteiger partial charge >= 0.3 is 0 Å². The summed E-state index contributed by atoms with van der Waals surface area (Å²) in [6, 6.07) is 7.13. The number of carbonyl (C=O) groups excluding carboxylic acids is 1. The molecule has 1 aromatic rings. The van der Waals surface area contributed by atoms with Gasteiger partial charge < -0.3 is 9.84 Å². The third-order valence-electron chi connectivity index (χ3n) is 2.20. The maximum Gasteiger partial charge on any atom is 0.163 e. The van der Waals surface area contributed by atoms with E-state index in [1.807, 2.05) is 6.07 Å². The van der Waals surface area contributed by atoms with Gasteiger partial charge in [-0.05, 0) is 25.0 Å². The summed E-state index contributed by atoms with van der Waals surface area (Å²) in [5, 5.41) is 8.60. The Balaban J connectivity index is 2.57. The molecule has 1 aromatic carbocycles. The zero-order chi connectivity index (χ0) is 11.1. The molecule has 0 radical (unpaired) electrons. The standard InChI is InChI=1S/C12H16O3/c1-15-11-6-4-5-10(9-11)12(14)7-2-3-8-13/h4-6,9,13H,2-3,7-8H2,1H3. The van der Waals surface area contributed by atoms with Gasteiger partial charge in [0, 0.05) is 18.6 Å². The first-order valence-electron chi connectivity index (χ1n) is 5.06. The molecule has 0 aliphatic heterocycles. The van der Waals surface area contributed by atoms with E-state index in [4.69, 9.17) is 9.84 Å². The molecule has 0 fully saturated rings. The van der Waals surface area contributed by atoms with Gasteiger partial charge in [0.05, 0.1) is 7.11 Å². The lowest BCUT2D eigenvalue weighted by molar-refractivity contribution is 0.0977. The molecule has 0 amide bonds. The van der Waals surface area contributed by atoms with Crippen LogP contribution in [0.3, 0.4) is 0 Å². The number of hydrogen-bond donors (Lipinski definition) is 1. The minimum absolute atomic E-state index is 0.0994. The Hall–Kier alpha value is -1.35. The molecule has 82 valence electrons. The van der Waals surface area contributed by atoms with Crippen LogP contribution in [0.25, 0.3) is 0 Å². The normalized spacial score (nSPS) is 10.0. The van der Waals surface area contributed by atoms with Crippen LogP contribution in [0.15, 0.2) is 24.3 Å². The third-order valence-corrected chi connectivity index (χ3v) is 2.20. The SMILES string of the molecule is COc1cccc(C(=O)CCCCO)c1. The second-order valence-electron chi connectivity index (χ2n) is 3.34. The van der Waals surface area contributed by atoms with E-state index in [1.54, 1.807) is 25.3 Å². The van der Waals surface area contributed by atoms with Crippen LogP contribution in [0.1, 0.15) is 29.6 Å². The summed E-state index contributed by atoms with van der Waals surface area (Å²) >= 11 is 0. The largest absolute Gasteiger partial charge is 0.497 e. The van der Waals surface area contributed by atoms with Gasteiger partial charge in [0.15, 0.2) is 5.78 Å². The first-order chi connectivity index (χ1) is 7.27. The molecule has 0 aromatic heterocycles. The van der Waals surface area contributed by atoms with E-state index in [-0.39, 0.29) is 12.4 Å². The van der Waals surface area contributed by atoms with Crippen LogP contribution in [-0.4, -0.2) is 24.6 Å². The van der Waals surface area contributed by atoms with Crippen molar-refractivity contribution in [1.82, 2.24) is 0 Å². The van der Waals surface area contributed by atoms with Crippen LogP contribution in [0.4, 0.5) is 0 Å². The number of hydrogen-bond acceptors (Lipinski definition) is 3. The number of carbonyl (C=O) groups is 1. The molecule has 0 atom stereocenters. The Morgan fingerprint density at radius 1 is 1.40 bits per heavy atom. The van der Waals surface area contributed by atoms with Crippen molar-refractivity contribution >= 4 is 5.78 Å². The molecule has 3 nitrogen and oxygen atoms in total. The fraction of sp³-hybridized carbons (Fsp3) is 0.417. The van der Waals surface area contributed by atoms with Crippen molar-refractivity contribution in [3.05, 3.63) is 29.8 Å². The Bertz CT molecular complexity index is 320. The number of ether oxygens (including phenoxy) is 1. The van der Waals surface area contributed by atoms with Crippen LogP contribution >= 0.6 is 0 Å². The molecule has 0 saturated carbocycles. The van der Waals surface area contributed by atoms with Crippen LogP contribution in [0.5, 0.6) is 5.75 Å². The summed E-state index contributed by atoms with van der Waals surface area (Å²) in [6.07, 6.45) is 1.88. The minimum Gasteiger partial charge on any atom is -0.497 e. The summed E-state index contributed by atoms with van der Waals surface area (Å²) in [7, 11) is 1.58. The van der Waals surface area contributed by atoms with Gasteiger partial charge in [-0.1, -0.05) is 12.1 Å². The maximum absolute atomic E-state index is 11.7. The Labute approximate surface area is 89.7 Å². The summed E-state index contributed by atoms with van der Waals surface area (Å²) in [4.78, 5) is 11.7. The van der Waals surface area contributed by atoms with Crippen LogP contribution in [0.2, 0.25) is 0 Å². The number of methoxy groups -OCH3 is 1. The number of ketones is 1. The average Bonchev–Trinajstić information content (AvgIpc) is 2.29. The summed E-state index contributed by atoms with van der Waals surface area (Å²) in [5.41, 5.74) is 0.673.